The third-order valence-corrected chi connectivity index (χ3v) is 8.14. The molecule has 2 fully saturated rings. The number of thiazole rings is 1. The summed E-state index contributed by atoms with van der Waals surface area (Å²) in [5.74, 6) is -0.0506. The molecule has 184 valence electrons. The smallest absolute Gasteiger partial charge is 0.252 e. The van der Waals surface area contributed by atoms with Crippen LogP contribution in [-0.2, 0) is 6.54 Å². The molecule has 1 aliphatic heterocycles. The van der Waals surface area contributed by atoms with Gasteiger partial charge in [-0.1, -0.05) is 37.1 Å². The minimum absolute atomic E-state index is 0.0506. The minimum atomic E-state index is -0.113. The molecule has 0 unspecified atom stereocenters. The van der Waals surface area contributed by atoms with Gasteiger partial charge in [0.2, 0.25) is 0 Å². The molecule has 2 aliphatic rings. The van der Waals surface area contributed by atoms with Crippen molar-refractivity contribution < 1.29 is 4.79 Å². The summed E-state index contributed by atoms with van der Waals surface area (Å²) in [6.07, 6.45) is 7.25. The number of aryl methyl sites for hydroxylation is 1. The largest absolute Gasteiger partial charge is 0.380 e. The van der Waals surface area contributed by atoms with E-state index in [1.165, 1.54) is 30.6 Å². The van der Waals surface area contributed by atoms with Crippen molar-refractivity contribution in [3.05, 3.63) is 70.2 Å². The fraction of sp³-hybridized carbons (Fsp3) is 0.429. The van der Waals surface area contributed by atoms with Gasteiger partial charge in [0, 0.05) is 53.6 Å². The maximum atomic E-state index is 13.1. The summed E-state index contributed by atoms with van der Waals surface area (Å²) in [5.41, 5.74) is 4.84. The van der Waals surface area contributed by atoms with Gasteiger partial charge in [-0.15, -0.1) is 11.3 Å². The molecule has 0 radical (unpaired) electrons. The lowest BCUT2D eigenvalue weighted by atomic mass is 10.0. The number of carbonyl (C=O) groups is 1. The lowest BCUT2D eigenvalue weighted by Crippen LogP contribution is -2.51. The summed E-state index contributed by atoms with van der Waals surface area (Å²) >= 11 is 1.74. The van der Waals surface area contributed by atoms with Gasteiger partial charge in [-0.25, -0.2) is 4.98 Å². The molecule has 4 N–H and O–H groups in total. The Morgan fingerprint density at radius 2 is 1.97 bits per heavy atom. The number of nitrogens with one attached hydrogen (secondary N) is 4. The van der Waals surface area contributed by atoms with Gasteiger partial charge in [-0.2, -0.15) is 0 Å². The van der Waals surface area contributed by atoms with E-state index < -0.39 is 0 Å². The van der Waals surface area contributed by atoms with Crippen molar-refractivity contribution in [2.45, 2.75) is 64.2 Å². The van der Waals surface area contributed by atoms with Crippen molar-refractivity contribution in [1.29, 1.82) is 0 Å². The summed E-state index contributed by atoms with van der Waals surface area (Å²) in [6, 6.07) is 15.3. The maximum absolute atomic E-state index is 13.1. The predicted molar refractivity (Wildman–Crippen MR) is 144 cm³/mol. The first-order chi connectivity index (χ1) is 17.0. The number of hydrogen-bond acceptors (Lipinski definition) is 6. The Morgan fingerprint density at radius 1 is 1.14 bits per heavy atom. The van der Waals surface area contributed by atoms with Crippen LogP contribution in [0.5, 0.6) is 0 Å². The lowest BCUT2D eigenvalue weighted by molar-refractivity contribution is 0.0939. The lowest BCUT2D eigenvalue weighted by Gasteiger charge is -2.29. The Labute approximate surface area is 211 Å². The fourth-order valence-electron chi connectivity index (χ4n) is 4.78. The average Bonchev–Trinajstić information content (AvgIpc) is 3.53. The molecule has 6 nitrogen and oxygen atoms in total. The van der Waals surface area contributed by atoms with Crippen LogP contribution < -0.4 is 21.3 Å². The highest BCUT2D eigenvalue weighted by Crippen LogP contribution is 2.28. The first-order valence-electron chi connectivity index (χ1n) is 12.7. The highest BCUT2D eigenvalue weighted by molar-refractivity contribution is 7.15. The first-order valence-corrected chi connectivity index (χ1v) is 13.5. The topological polar surface area (TPSA) is 78.1 Å². The zero-order chi connectivity index (χ0) is 24.2. The molecular formula is C28H35N5OS. The molecule has 1 saturated carbocycles. The molecule has 2 heterocycles. The van der Waals surface area contributed by atoms with Gasteiger partial charge in [0.05, 0.1) is 12.1 Å². The molecule has 0 bridgehead atoms. The van der Waals surface area contributed by atoms with Crippen molar-refractivity contribution in [3.8, 4) is 10.6 Å². The van der Waals surface area contributed by atoms with E-state index in [4.69, 9.17) is 0 Å². The summed E-state index contributed by atoms with van der Waals surface area (Å²) in [7, 11) is 0. The zero-order valence-electron chi connectivity index (χ0n) is 20.6. The molecular weight excluding hydrogens is 454 g/mol. The Morgan fingerprint density at radius 3 is 2.74 bits per heavy atom. The molecule has 1 aromatic heterocycles. The van der Waals surface area contributed by atoms with Crippen LogP contribution >= 0.6 is 11.3 Å². The van der Waals surface area contributed by atoms with E-state index in [0.717, 1.165) is 47.0 Å². The van der Waals surface area contributed by atoms with Gasteiger partial charge < -0.3 is 21.3 Å². The van der Waals surface area contributed by atoms with Crippen LogP contribution in [0.25, 0.3) is 10.6 Å². The summed E-state index contributed by atoms with van der Waals surface area (Å²) in [5, 5.41) is 14.6. The molecule has 7 heteroatoms. The zero-order valence-corrected chi connectivity index (χ0v) is 21.4. The Kier molecular flexibility index (Phi) is 7.46. The average molecular weight is 490 g/mol. The quantitative estimate of drug-likeness (QED) is 0.339. The summed E-state index contributed by atoms with van der Waals surface area (Å²) in [4.78, 5) is 19.1. The van der Waals surface area contributed by atoms with Crippen molar-refractivity contribution in [3.63, 3.8) is 0 Å². The molecule has 1 atom stereocenters. The van der Waals surface area contributed by atoms with E-state index in [2.05, 4.69) is 44.5 Å². The van der Waals surface area contributed by atoms with Gasteiger partial charge in [0.15, 0.2) is 0 Å². The predicted octanol–water partition coefficient (Wildman–Crippen LogP) is 5.03. The Balaban J connectivity index is 1.23. The SMILES string of the molecule is Cc1ccc(NC2CNC2)cc1C(=O)N[C@H](C)c1cccc(-c2ncc(CNC3CCCC3)s2)c1. The number of aromatic nitrogens is 1. The second-order valence-corrected chi connectivity index (χ2v) is 11.0. The van der Waals surface area contributed by atoms with Crippen LogP contribution in [0.3, 0.4) is 0 Å². The van der Waals surface area contributed by atoms with Gasteiger partial charge in [-0.3, -0.25) is 4.79 Å². The molecule has 1 aliphatic carbocycles. The van der Waals surface area contributed by atoms with E-state index in [1.54, 1.807) is 11.3 Å². The van der Waals surface area contributed by atoms with E-state index in [1.807, 2.05) is 44.3 Å². The normalized spacial score (nSPS) is 17.2. The molecule has 1 saturated heterocycles. The third kappa shape index (κ3) is 5.92. The molecule has 1 amide bonds. The van der Waals surface area contributed by atoms with E-state index in [-0.39, 0.29) is 11.9 Å². The second kappa shape index (κ2) is 10.9. The number of rotatable bonds is 9. The highest BCUT2D eigenvalue weighted by Gasteiger charge is 2.19. The van der Waals surface area contributed by atoms with Gasteiger partial charge in [0.25, 0.3) is 5.91 Å². The number of benzene rings is 2. The number of nitrogens with zero attached hydrogens (tertiary/aromatic N) is 1. The number of anilines is 1. The highest BCUT2D eigenvalue weighted by atomic mass is 32.1. The van der Waals surface area contributed by atoms with Gasteiger partial charge in [-0.05, 0) is 56.0 Å². The van der Waals surface area contributed by atoms with Crippen LogP contribution in [0, 0.1) is 6.92 Å². The molecule has 5 rings (SSSR count). The van der Waals surface area contributed by atoms with Crippen molar-refractivity contribution in [2.75, 3.05) is 18.4 Å². The molecule has 0 spiro atoms. The van der Waals surface area contributed by atoms with Crippen LogP contribution in [0.2, 0.25) is 0 Å². The summed E-state index contributed by atoms with van der Waals surface area (Å²) < 4.78 is 0. The van der Waals surface area contributed by atoms with E-state index in [0.29, 0.717) is 17.6 Å². The number of amides is 1. The molecule has 35 heavy (non-hydrogen) atoms. The monoisotopic (exact) mass is 489 g/mol. The Bertz CT molecular complexity index is 1170. The summed E-state index contributed by atoms with van der Waals surface area (Å²) in [6.45, 7) is 6.82. The van der Waals surface area contributed by atoms with Crippen molar-refractivity contribution in [2.24, 2.45) is 0 Å². The van der Waals surface area contributed by atoms with E-state index >= 15 is 0 Å². The van der Waals surface area contributed by atoms with E-state index in [9.17, 15) is 4.79 Å². The molecule has 2 aromatic carbocycles. The first kappa shape index (κ1) is 24.0. The third-order valence-electron chi connectivity index (χ3n) is 7.09. The molecule has 3 aromatic rings. The minimum Gasteiger partial charge on any atom is -0.380 e. The van der Waals surface area contributed by atoms with Crippen LogP contribution in [0.1, 0.15) is 65.0 Å². The van der Waals surface area contributed by atoms with Crippen molar-refractivity contribution in [1.82, 2.24) is 20.9 Å². The van der Waals surface area contributed by atoms with Gasteiger partial charge in [0.1, 0.15) is 5.01 Å². The second-order valence-electron chi connectivity index (χ2n) is 9.84. The van der Waals surface area contributed by atoms with Crippen LogP contribution in [0.15, 0.2) is 48.7 Å². The number of carbonyl (C=O) groups excluding carboxylic acids is 1. The fourth-order valence-corrected chi connectivity index (χ4v) is 5.64. The van der Waals surface area contributed by atoms with Crippen molar-refractivity contribution >= 4 is 22.9 Å². The van der Waals surface area contributed by atoms with Crippen LogP contribution in [-0.4, -0.2) is 36.1 Å². The maximum Gasteiger partial charge on any atom is 0.252 e. The van der Waals surface area contributed by atoms with Gasteiger partial charge >= 0.3 is 0 Å². The van der Waals surface area contributed by atoms with Crippen LogP contribution in [0.4, 0.5) is 5.69 Å². The standard InChI is InChI=1S/C28H35N5OS/c1-18-10-11-23(33-24-14-29-15-24)13-26(18)27(34)32-19(2)20-6-5-7-21(12-20)28-31-17-25(35-28)16-30-22-8-3-4-9-22/h5-7,10-13,17,19,22,24,29-30,33H,3-4,8-9,14-16H2,1-2H3,(H,32,34)/t19-/m1/s1. The number of hydrogen-bond donors (Lipinski definition) is 4. The Hall–Kier alpha value is -2.74.